The molecule has 136 valence electrons. The molecule has 1 amide bonds. The minimum absolute atomic E-state index is 0.0122. The number of carboxylic acids is 1. The molecule has 1 heterocycles. The van der Waals surface area contributed by atoms with Gasteiger partial charge < -0.3 is 26.0 Å². The van der Waals surface area contributed by atoms with Crippen LogP contribution in [-0.4, -0.2) is 56.0 Å². The first kappa shape index (κ1) is 19.0. The van der Waals surface area contributed by atoms with Crippen molar-refractivity contribution in [3.05, 3.63) is 41.6 Å². The molecule has 0 aliphatic heterocycles. The first-order valence-electron chi connectivity index (χ1n) is 7.89. The Balaban J connectivity index is 1.98. The van der Waals surface area contributed by atoms with Crippen molar-refractivity contribution in [3.63, 3.8) is 0 Å². The van der Waals surface area contributed by atoms with Crippen molar-refractivity contribution in [1.29, 1.82) is 0 Å². The van der Waals surface area contributed by atoms with Gasteiger partial charge >= 0.3 is 12.2 Å². The van der Waals surface area contributed by atoms with E-state index >= 15 is 0 Å². The summed E-state index contributed by atoms with van der Waals surface area (Å²) in [5, 5.41) is 22.3. The normalized spacial score (nSPS) is 12.8. The predicted molar refractivity (Wildman–Crippen MR) is 91.5 cm³/mol. The zero-order valence-corrected chi connectivity index (χ0v) is 13.8. The first-order valence-corrected chi connectivity index (χ1v) is 7.89. The maximum absolute atomic E-state index is 12.1. The molecule has 1 aromatic carbocycles. The number of nitrogens with one attached hydrogen (secondary N) is 2. The summed E-state index contributed by atoms with van der Waals surface area (Å²) in [6.07, 6.45) is 0.505. The summed E-state index contributed by atoms with van der Waals surface area (Å²) in [4.78, 5) is 40.2. The van der Waals surface area contributed by atoms with Crippen LogP contribution in [0.5, 0.6) is 0 Å². The lowest BCUT2D eigenvalue weighted by molar-refractivity contribution is -0.143. The number of carbonyl (C=O) groups is 3. The number of aliphatic carboxylic acids is 1. The third-order valence-corrected chi connectivity index (χ3v) is 3.89. The van der Waals surface area contributed by atoms with Gasteiger partial charge in [-0.05, 0) is 18.1 Å². The molecule has 0 radical (unpaired) electrons. The van der Waals surface area contributed by atoms with E-state index in [-0.39, 0.29) is 19.3 Å². The van der Waals surface area contributed by atoms with Crippen LogP contribution in [0.15, 0.2) is 30.5 Å². The summed E-state index contributed by atoms with van der Waals surface area (Å²) in [6, 6.07) is 6.06. The quantitative estimate of drug-likeness (QED) is 0.288. The molecular formula is C17H18N4O5. The SMILES string of the molecule is [N-]=[N+]=CC(=O)CC[C@H](NC(=O)[C@@H](O)Cc1c[nH]c2ccccc12)C(=O)O. The lowest BCUT2D eigenvalue weighted by atomic mass is 10.0. The number of H-pyrrole nitrogens is 1. The maximum Gasteiger partial charge on any atom is 0.326 e. The van der Waals surface area contributed by atoms with Crippen molar-refractivity contribution in [2.75, 3.05) is 0 Å². The van der Waals surface area contributed by atoms with Gasteiger partial charge in [0, 0.05) is 29.9 Å². The summed E-state index contributed by atoms with van der Waals surface area (Å²) in [5.74, 6) is -2.75. The van der Waals surface area contributed by atoms with E-state index in [9.17, 15) is 19.5 Å². The topological polar surface area (TPSA) is 156 Å². The second-order valence-corrected chi connectivity index (χ2v) is 5.73. The van der Waals surface area contributed by atoms with Gasteiger partial charge in [0.2, 0.25) is 11.7 Å². The van der Waals surface area contributed by atoms with E-state index in [4.69, 9.17) is 10.6 Å². The number of fused-ring (bicyclic) bond motifs is 1. The number of amides is 1. The van der Waals surface area contributed by atoms with Crippen LogP contribution in [0, 0.1) is 0 Å². The van der Waals surface area contributed by atoms with Gasteiger partial charge in [-0.15, -0.1) is 0 Å². The van der Waals surface area contributed by atoms with Crippen molar-refractivity contribution in [2.45, 2.75) is 31.4 Å². The molecule has 9 nitrogen and oxygen atoms in total. The summed E-state index contributed by atoms with van der Waals surface area (Å²) in [7, 11) is 0. The zero-order chi connectivity index (χ0) is 19.1. The lowest BCUT2D eigenvalue weighted by Gasteiger charge is -2.16. The molecule has 2 atom stereocenters. The van der Waals surface area contributed by atoms with Crippen LogP contribution in [0.25, 0.3) is 16.4 Å². The average molecular weight is 358 g/mol. The summed E-state index contributed by atoms with van der Waals surface area (Å²) in [6.45, 7) is 0. The van der Waals surface area contributed by atoms with Crippen molar-refractivity contribution in [1.82, 2.24) is 10.3 Å². The second-order valence-electron chi connectivity index (χ2n) is 5.73. The number of nitrogens with zero attached hydrogens (tertiary/aromatic N) is 2. The molecule has 0 saturated carbocycles. The highest BCUT2D eigenvalue weighted by atomic mass is 16.4. The van der Waals surface area contributed by atoms with Gasteiger partial charge in [0.05, 0.1) is 0 Å². The van der Waals surface area contributed by atoms with Crippen molar-refractivity contribution in [2.24, 2.45) is 0 Å². The number of aromatic amines is 1. The van der Waals surface area contributed by atoms with Crippen LogP contribution in [0.3, 0.4) is 0 Å². The maximum atomic E-state index is 12.1. The van der Waals surface area contributed by atoms with Gasteiger partial charge in [-0.3, -0.25) is 9.59 Å². The minimum atomic E-state index is -1.44. The third kappa shape index (κ3) is 4.85. The fourth-order valence-corrected chi connectivity index (χ4v) is 2.54. The molecule has 0 bridgehead atoms. The largest absolute Gasteiger partial charge is 0.480 e. The number of aromatic nitrogens is 1. The number of aliphatic hydroxyl groups excluding tert-OH is 1. The molecule has 0 aliphatic rings. The number of hydrogen-bond acceptors (Lipinski definition) is 4. The van der Waals surface area contributed by atoms with E-state index in [0.717, 1.165) is 16.5 Å². The Kier molecular flexibility index (Phi) is 6.37. The van der Waals surface area contributed by atoms with Crippen LogP contribution in [0.1, 0.15) is 18.4 Å². The fourth-order valence-electron chi connectivity index (χ4n) is 2.54. The molecule has 0 spiro atoms. The van der Waals surface area contributed by atoms with Gasteiger partial charge in [-0.25, -0.2) is 4.79 Å². The van der Waals surface area contributed by atoms with E-state index in [1.807, 2.05) is 24.3 Å². The Morgan fingerprint density at radius 1 is 1.31 bits per heavy atom. The van der Waals surface area contributed by atoms with Crippen molar-refractivity contribution >= 4 is 34.8 Å². The molecular weight excluding hydrogens is 340 g/mol. The van der Waals surface area contributed by atoms with Crippen LogP contribution in [0.4, 0.5) is 0 Å². The number of ketones is 1. The van der Waals surface area contributed by atoms with E-state index in [1.165, 1.54) is 0 Å². The number of Topliss-reactive ketones (excluding diaryl/α,β-unsaturated/α-hetero) is 1. The van der Waals surface area contributed by atoms with Crippen molar-refractivity contribution < 1.29 is 29.4 Å². The monoisotopic (exact) mass is 358 g/mol. The minimum Gasteiger partial charge on any atom is -0.480 e. The zero-order valence-electron chi connectivity index (χ0n) is 13.8. The molecule has 1 aromatic heterocycles. The van der Waals surface area contributed by atoms with Crippen LogP contribution < -0.4 is 5.32 Å². The molecule has 9 heteroatoms. The van der Waals surface area contributed by atoms with Gasteiger partial charge in [-0.2, -0.15) is 4.79 Å². The van der Waals surface area contributed by atoms with Crippen LogP contribution >= 0.6 is 0 Å². The standard InChI is InChI=1S/C17H18N4O5/c18-20-9-11(22)5-6-14(17(25)26)21-16(24)15(23)7-10-8-19-13-4-2-1-3-12(10)13/h1-4,8-9,14-15,19,23H,5-7H2,(H,21,24)(H,25,26)/t14-,15-/m0/s1. The number of para-hydroxylation sites is 1. The molecule has 26 heavy (non-hydrogen) atoms. The molecule has 2 rings (SSSR count). The smallest absolute Gasteiger partial charge is 0.326 e. The Hall–Kier alpha value is -3.29. The number of carboxylic acid groups (broad SMARTS) is 1. The Labute approximate surface area is 148 Å². The van der Waals surface area contributed by atoms with Crippen LogP contribution in [-0.2, 0) is 20.8 Å². The predicted octanol–water partition coefficient (Wildman–Crippen LogP) is 0.291. The first-order chi connectivity index (χ1) is 12.4. The van der Waals surface area contributed by atoms with Crippen molar-refractivity contribution in [3.8, 4) is 0 Å². The molecule has 0 fully saturated rings. The highest BCUT2D eigenvalue weighted by Gasteiger charge is 2.25. The Morgan fingerprint density at radius 3 is 2.73 bits per heavy atom. The molecule has 2 aromatic rings. The number of rotatable bonds is 9. The van der Waals surface area contributed by atoms with E-state index in [2.05, 4.69) is 15.1 Å². The number of aliphatic hydroxyl groups is 1. The van der Waals surface area contributed by atoms with Gasteiger partial charge in [0.25, 0.3) is 0 Å². The van der Waals surface area contributed by atoms with E-state index in [0.29, 0.717) is 6.21 Å². The summed E-state index contributed by atoms with van der Waals surface area (Å²) < 4.78 is 0. The summed E-state index contributed by atoms with van der Waals surface area (Å²) in [5.41, 5.74) is 9.84. The number of carbonyl (C=O) groups excluding carboxylic acids is 2. The number of benzene rings is 1. The second kappa shape index (κ2) is 8.70. The van der Waals surface area contributed by atoms with Gasteiger partial charge in [0.1, 0.15) is 12.1 Å². The Morgan fingerprint density at radius 2 is 2.04 bits per heavy atom. The molecule has 0 aliphatic carbocycles. The highest BCUT2D eigenvalue weighted by Crippen LogP contribution is 2.19. The molecule has 0 saturated heterocycles. The molecule has 4 N–H and O–H groups in total. The van der Waals surface area contributed by atoms with E-state index in [1.54, 1.807) is 6.20 Å². The summed E-state index contributed by atoms with van der Waals surface area (Å²) >= 11 is 0. The lowest BCUT2D eigenvalue weighted by Crippen LogP contribution is -2.46. The number of hydrogen-bond donors (Lipinski definition) is 4. The molecule has 0 unspecified atom stereocenters. The Bertz CT molecular complexity index is 869. The van der Waals surface area contributed by atoms with Crippen LogP contribution in [0.2, 0.25) is 0 Å². The fraction of sp³-hybridized carbons (Fsp3) is 0.294. The average Bonchev–Trinajstić information content (AvgIpc) is 3.01. The van der Waals surface area contributed by atoms with Gasteiger partial charge in [-0.1, -0.05) is 18.2 Å². The highest BCUT2D eigenvalue weighted by molar-refractivity contribution is 6.25. The van der Waals surface area contributed by atoms with Gasteiger partial charge in [0.15, 0.2) is 0 Å². The third-order valence-electron chi connectivity index (χ3n) is 3.89. The van der Waals surface area contributed by atoms with E-state index < -0.39 is 29.8 Å².